The Morgan fingerprint density at radius 1 is 1.42 bits per heavy atom. The molecule has 0 aliphatic heterocycles. The normalized spacial score (nSPS) is 11.3. The zero-order chi connectivity index (χ0) is 14.0. The lowest BCUT2D eigenvalue weighted by Gasteiger charge is -2.14. The molecule has 0 radical (unpaired) electrons. The molecule has 2 heterocycles. The van der Waals surface area contributed by atoms with Crippen LogP contribution < -0.4 is 10.9 Å². The van der Waals surface area contributed by atoms with Gasteiger partial charge in [-0.05, 0) is 6.07 Å². The SMILES string of the molecule is CC(C)(C)c1csc(NC(=O)c2cc[nH]c(=O)c2)n1. The number of pyridine rings is 1. The van der Waals surface area contributed by atoms with Gasteiger partial charge in [-0.2, -0.15) is 0 Å². The van der Waals surface area contributed by atoms with E-state index in [0.29, 0.717) is 10.7 Å². The highest BCUT2D eigenvalue weighted by Gasteiger charge is 2.18. The smallest absolute Gasteiger partial charge is 0.257 e. The Hall–Kier alpha value is -1.95. The highest BCUT2D eigenvalue weighted by molar-refractivity contribution is 7.14. The molecule has 0 aromatic carbocycles. The van der Waals surface area contributed by atoms with E-state index in [1.165, 1.54) is 23.6 Å². The van der Waals surface area contributed by atoms with E-state index in [2.05, 4.69) is 36.1 Å². The number of anilines is 1. The van der Waals surface area contributed by atoms with Crippen LogP contribution in [0.25, 0.3) is 0 Å². The maximum atomic E-state index is 11.9. The highest BCUT2D eigenvalue weighted by Crippen LogP contribution is 2.26. The van der Waals surface area contributed by atoms with E-state index >= 15 is 0 Å². The number of carbonyl (C=O) groups is 1. The monoisotopic (exact) mass is 277 g/mol. The van der Waals surface area contributed by atoms with Crippen LogP contribution in [-0.2, 0) is 5.41 Å². The van der Waals surface area contributed by atoms with Crippen LogP contribution in [0.4, 0.5) is 5.13 Å². The van der Waals surface area contributed by atoms with Gasteiger partial charge in [-0.1, -0.05) is 20.8 Å². The van der Waals surface area contributed by atoms with Crippen molar-refractivity contribution in [1.82, 2.24) is 9.97 Å². The number of thiazole rings is 1. The number of aromatic nitrogens is 2. The number of nitrogens with zero attached hydrogens (tertiary/aromatic N) is 1. The number of amides is 1. The van der Waals surface area contributed by atoms with E-state index in [-0.39, 0.29) is 16.9 Å². The second kappa shape index (κ2) is 4.97. The summed E-state index contributed by atoms with van der Waals surface area (Å²) in [5, 5.41) is 5.15. The summed E-state index contributed by atoms with van der Waals surface area (Å²) in [4.78, 5) is 29.9. The number of rotatable bonds is 2. The van der Waals surface area contributed by atoms with Gasteiger partial charge in [-0.25, -0.2) is 4.98 Å². The zero-order valence-electron chi connectivity index (χ0n) is 11.0. The zero-order valence-corrected chi connectivity index (χ0v) is 11.8. The van der Waals surface area contributed by atoms with Crippen molar-refractivity contribution in [3.8, 4) is 0 Å². The fourth-order valence-electron chi connectivity index (χ4n) is 1.43. The van der Waals surface area contributed by atoms with Gasteiger partial charge in [0.05, 0.1) is 5.69 Å². The molecule has 19 heavy (non-hydrogen) atoms. The Labute approximate surface area is 114 Å². The van der Waals surface area contributed by atoms with Crippen LogP contribution in [0.1, 0.15) is 36.8 Å². The Morgan fingerprint density at radius 2 is 2.16 bits per heavy atom. The minimum absolute atomic E-state index is 0.0522. The lowest BCUT2D eigenvalue weighted by atomic mass is 9.93. The molecule has 0 saturated carbocycles. The minimum atomic E-state index is -0.332. The summed E-state index contributed by atoms with van der Waals surface area (Å²) >= 11 is 1.37. The largest absolute Gasteiger partial charge is 0.329 e. The van der Waals surface area contributed by atoms with E-state index < -0.39 is 0 Å². The van der Waals surface area contributed by atoms with E-state index in [1.54, 1.807) is 6.07 Å². The van der Waals surface area contributed by atoms with Gasteiger partial charge in [0.15, 0.2) is 5.13 Å². The summed E-state index contributed by atoms with van der Waals surface area (Å²) in [5.74, 6) is -0.332. The molecule has 2 rings (SSSR count). The van der Waals surface area contributed by atoms with Crippen LogP contribution >= 0.6 is 11.3 Å². The van der Waals surface area contributed by atoms with Gasteiger partial charge in [0.2, 0.25) is 5.56 Å². The molecule has 0 atom stereocenters. The van der Waals surface area contributed by atoms with Gasteiger partial charge in [0, 0.05) is 28.6 Å². The molecule has 0 fully saturated rings. The van der Waals surface area contributed by atoms with Crippen molar-refractivity contribution < 1.29 is 4.79 Å². The molecule has 2 aromatic heterocycles. The summed E-state index contributed by atoms with van der Waals surface area (Å²) in [6.07, 6.45) is 1.44. The molecule has 2 aromatic rings. The molecule has 0 aliphatic rings. The Kier molecular flexibility index (Phi) is 3.53. The third-order valence-corrected chi connectivity index (χ3v) is 3.29. The minimum Gasteiger partial charge on any atom is -0.329 e. The molecular weight excluding hydrogens is 262 g/mol. The van der Waals surface area contributed by atoms with Crippen molar-refractivity contribution in [2.24, 2.45) is 0 Å². The first-order valence-electron chi connectivity index (χ1n) is 5.82. The first-order chi connectivity index (χ1) is 8.86. The molecule has 5 nitrogen and oxygen atoms in total. The average molecular weight is 277 g/mol. The second-order valence-electron chi connectivity index (χ2n) is 5.18. The molecule has 6 heteroatoms. The Morgan fingerprint density at radius 3 is 2.74 bits per heavy atom. The summed E-state index contributed by atoms with van der Waals surface area (Å²) in [7, 11) is 0. The quantitative estimate of drug-likeness (QED) is 0.885. The predicted octanol–water partition coefficient (Wildman–Crippen LogP) is 2.38. The van der Waals surface area contributed by atoms with Crippen molar-refractivity contribution in [3.05, 3.63) is 45.3 Å². The molecular formula is C13H15N3O2S. The van der Waals surface area contributed by atoms with E-state index in [9.17, 15) is 9.59 Å². The third kappa shape index (κ3) is 3.29. The van der Waals surface area contributed by atoms with Crippen LogP contribution in [0, 0.1) is 0 Å². The molecule has 0 spiro atoms. The molecule has 1 amide bonds. The number of nitrogens with one attached hydrogen (secondary N) is 2. The number of carbonyl (C=O) groups excluding carboxylic acids is 1. The summed E-state index contributed by atoms with van der Waals surface area (Å²) < 4.78 is 0. The molecule has 0 aliphatic carbocycles. The number of hydrogen-bond acceptors (Lipinski definition) is 4. The van der Waals surface area contributed by atoms with Gasteiger partial charge in [0.25, 0.3) is 5.91 Å². The molecule has 100 valence electrons. The predicted molar refractivity (Wildman–Crippen MR) is 75.8 cm³/mol. The van der Waals surface area contributed by atoms with E-state index in [0.717, 1.165) is 5.69 Å². The first kappa shape index (κ1) is 13.5. The van der Waals surface area contributed by atoms with Gasteiger partial charge in [-0.3, -0.25) is 14.9 Å². The average Bonchev–Trinajstić information content (AvgIpc) is 2.77. The van der Waals surface area contributed by atoms with Crippen molar-refractivity contribution in [3.63, 3.8) is 0 Å². The number of H-pyrrole nitrogens is 1. The van der Waals surface area contributed by atoms with Crippen molar-refractivity contribution in [1.29, 1.82) is 0 Å². The molecule has 2 N–H and O–H groups in total. The van der Waals surface area contributed by atoms with Crippen LogP contribution in [0.2, 0.25) is 0 Å². The fourth-order valence-corrected chi connectivity index (χ4v) is 2.36. The van der Waals surface area contributed by atoms with Gasteiger partial charge < -0.3 is 4.98 Å². The van der Waals surface area contributed by atoms with E-state index in [4.69, 9.17) is 0 Å². The lowest BCUT2D eigenvalue weighted by Crippen LogP contribution is -2.16. The molecule has 0 saturated heterocycles. The van der Waals surface area contributed by atoms with Gasteiger partial charge >= 0.3 is 0 Å². The van der Waals surface area contributed by atoms with Crippen LogP contribution in [0.3, 0.4) is 0 Å². The van der Waals surface area contributed by atoms with Crippen LogP contribution in [0.15, 0.2) is 28.5 Å². The topological polar surface area (TPSA) is 74.8 Å². The van der Waals surface area contributed by atoms with Gasteiger partial charge in [0.1, 0.15) is 0 Å². The maximum Gasteiger partial charge on any atom is 0.257 e. The highest BCUT2D eigenvalue weighted by atomic mass is 32.1. The van der Waals surface area contributed by atoms with Crippen LogP contribution in [-0.4, -0.2) is 15.9 Å². The van der Waals surface area contributed by atoms with Crippen LogP contribution in [0.5, 0.6) is 0 Å². The first-order valence-corrected chi connectivity index (χ1v) is 6.70. The number of hydrogen-bond donors (Lipinski definition) is 2. The summed E-state index contributed by atoms with van der Waals surface area (Å²) in [6, 6.07) is 2.81. The van der Waals surface area contributed by atoms with Crippen molar-refractivity contribution in [2.75, 3.05) is 5.32 Å². The maximum absolute atomic E-state index is 11.9. The number of aromatic amines is 1. The molecule has 0 unspecified atom stereocenters. The summed E-state index contributed by atoms with van der Waals surface area (Å²) in [6.45, 7) is 6.18. The van der Waals surface area contributed by atoms with Crippen molar-refractivity contribution in [2.45, 2.75) is 26.2 Å². The summed E-state index contributed by atoms with van der Waals surface area (Å²) in [5.41, 5.74) is 0.890. The second-order valence-corrected chi connectivity index (χ2v) is 6.04. The standard InChI is InChI=1S/C13H15N3O2S/c1-13(2,3)9-7-19-12(15-9)16-11(18)8-4-5-14-10(17)6-8/h4-7H,1-3H3,(H,14,17)(H,15,16,18). The van der Waals surface area contributed by atoms with E-state index in [1.807, 2.05) is 5.38 Å². The molecule has 0 bridgehead atoms. The van der Waals surface area contributed by atoms with Crippen molar-refractivity contribution >= 4 is 22.4 Å². The van der Waals surface area contributed by atoms with Gasteiger partial charge in [-0.15, -0.1) is 11.3 Å². The third-order valence-electron chi connectivity index (χ3n) is 2.53. The Bertz CT molecular complexity index is 652. The lowest BCUT2D eigenvalue weighted by molar-refractivity contribution is 0.102. The fraction of sp³-hybridized carbons (Fsp3) is 0.308. The Balaban J connectivity index is 2.16.